The zero-order valence-electron chi connectivity index (χ0n) is 8.28. The summed E-state index contributed by atoms with van der Waals surface area (Å²) in [7, 11) is -3.05. The highest BCUT2D eigenvalue weighted by molar-refractivity contribution is 7.92. The molecule has 4 heteroatoms. The average Bonchev–Trinajstić information content (AvgIpc) is 1.99. The third-order valence-corrected chi connectivity index (χ3v) is 3.92. The molecule has 0 N–H and O–H groups in total. The predicted molar refractivity (Wildman–Crippen MR) is 53.4 cm³/mol. The van der Waals surface area contributed by atoms with Crippen LogP contribution in [0.25, 0.3) is 0 Å². The average molecular weight is 204 g/mol. The number of ketones is 1. The molecule has 0 aliphatic rings. The van der Waals surface area contributed by atoms with Crippen LogP contribution in [0.5, 0.6) is 0 Å². The second kappa shape index (κ2) is 5.17. The van der Waals surface area contributed by atoms with E-state index in [-0.39, 0.29) is 11.5 Å². The lowest BCUT2D eigenvalue weighted by atomic mass is 10.3. The van der Waals surface area contributed by atoms with Gasteiger partial charge in [-0.2, -0.15) is 0 Å². The highest BCUT2D eigenvalue weighted by Crippen LogP contribution is 2.05. The molecule has 0 aromatic rings. The van der Waals surface area contributed by atoms with Crippen molar-refractivity contribution in [1.29, 1.82) is 0 Å². The van der Waals surface area contributed by atoms with E-state index in [0.717, 1.165) is 0 Å². The fourth-order valence-electron chi connectivity index (χ4n) is 0.861. The molecule has 1 atom stereocenters. The van der Waals surface area contributed by atoms with Gasteiger partial charge in [-0.15, -0.1) is 0 Å². The summed E-state index contributed by atoms with van der Waals surface area (Å²) < 4.78 is 22.8. The van der Waals surface area contributed by atoms with Crippen LogP contribution in [0.15, 0.2) is 12.2 Å². The summed E-state index contributed by atoms with van der Waals surface area (Å²) in [5.74, 6) is 0.0507. The molecule has 76 valence electrons. The monoisotopic (exact) mass is 204 g/mol. The van der Waals surface area contributed by atoms with E-state index in [1.807, 2.05) is 6.92 Å². The van der Waals surface area contributed by atoms with Crippen LogP contribution < -0.4 is 0 Å². The Bertz CT molecular complexity index is 288. The van der Waals surface area contributed by atoms with Gasteiger partial charge in [-0.3, -0.25) is 4.79 Å². The summed E-state index contributed by atoms with van der Waals surface area (Å²) in [5.41, 5.74) is 0. The number of hydrogen-bond donors (Lipinski definition) is 0. The number of rotatable bonds is 5. The van der Waals surface area contributed by atoms with Crippen LogP contribution in [0.3, 0.4) is 0 Å². The van der Waals surface area contributed by atoms with Crippen molar-refractivity contribution in [3.05, 3.63) is 12.2 Å². The number of hydrogen-bond acceptors (Lipinski definition) is 3. The lowest BCUT2D eigenvalue weighted by molar-refractivity contribution is -0.112. The molecule has 0 fully saturated rings. The molecular weight excluding hydrogens is 188 g/mol. The quantitative estimate of drug-likeness (QED) is 0.635. The molecule has 0 saturated carbocycles. The Hall–Kier alpha value is -0.640. The molecule has 0 aliphatic carbocycles. The van der Waals surface area contributed by atoms with Crippen LogP contribution in [-0.2, 0) is 14.6 Å². The molecule has 0 bridgehead atoms. The Labute approximate surface area is 79.8 Å². The van der Waals surface area contributed by atoms with Gasteiger partial charge in [-0.05, 0) is 26.3 Å². The highest BCUT2D eigenvalue weighted by Gasteiger charge is 2.16. The van der Waals surface area contributed by atoms with Crippen molar-refractivity contribution < 1.29 is 13.2 Å². The second-order valence-electron chi connectivity index (χ2n) is 3.04. The number of allylic oxidation sites excluding steroid dienone is 1. The molecule has 3 nitrogen and oxygen atoms in total. The maximum atomic E-state index is 11.4. The molecule has 13 heavy (non-hydrogen) atoms. The lowest BCUT2D eigenvalue weighted by Crippen LogP contribution is -2.18. The molecular formula is C9H16O3S. The highest BCUT2D eigenvalue weighted by atomic mass is 32.2. The maximum Gasteiger partial charge on any atom is 0.156 e. The van der Waals surface area contributed by atoms with E-state index < -0.39 is 15.1 Å². The third kappa shape index (κ3) is 4.83. The minimum atomic E-state index is -3.05. The zero-order chi connectivity index (χ0) is 10.5. The molecule has 0 aromatic carbocycles. The maximum absolute atomic E-state index is 11.4. The van der Waals surface area contributed by atoms with Crippen molar-refractivity contribution in [2.75, 3.05) is 5.75 Å². The van der Waals surface area contributed by atoms with Gasteiger partial charge in [0.15, 0.2) is 15.6 Å². The Balaban J connectivity index is 4.42. The Kier molecular flexibility index (Phi) is 4.91. The topological polar surface area (TPSA) is 51.2 Å². The minimum absolute atomic E-state index is 0.126. The van der Waals surface area contributed by atoms with Crippen molar-refractivity contribution in [3.63, 3.8) is 0 Å². The smallest absolute Gasteiger partial charge is 0.156 e. The molecule has 0 aliphatic heterocycles. The fraction of sp³-hybridized carbons (Fsp3) is 0.667. The lowest BCUT2D eigenvalue weighted by Gasteiger charge is -2.06. The zero-order valence-corrected chi connectivity index (χ0v) is 9.10. The van der Waals surface area contributed by atoms with E-state index in [4.69, 9.17) is 0 Å². The molecule has 0 saturated heterocycles. The minimum Gasteiger partial charge on any atom is -0.295 e. The van der Waals surface area contributed by atoms with Crippen LogP contribution in [0.4, 0.5) is 0 Å². The van der Waals surface area contributed by atoms with Crippen molar-refractivity contribution in [2.45, 2.75) is 32.4 Å². The number of carbonyl (C=O) groups is 1. The van der Waals surface area contributed by atoms with Crippen LogP contribution in [-0.4, -0.2) is 25.2 Å². The second-order valence-corrected chi connectivity index (χ2v) is 5.52. The van der Waals surface area contributed by atoms with E-state index in [2.05, 4.69) is 0 Å². The first-order chi connectivity index (χ1) is 5.90. The number of carbonyl (C=O) groups excluding carboxylic acids is 1. The van der Waals surface area contributed by atoms with Gasteiger partial charge in [0.25, 0.3) is 0 Å². The van der Waals surface area contributed by atoms with Crippen molar-refractivity contribution in [3.8, 4) is 0 Å². The molecule has 1 unspecified atom stereocenters. The van der Waals surface area contributed by atoms with E-state index in [1.54, 1.807) is 6.92 Å². The first-order valence-corrected chi connectivity index (χ1v) is 6.02. The van der Waals surface area contributed by atoms with Gasteiger partial charge < -0.3 is 0 Å². The fourth-order valence-corrected chi connectivity index (χ4v) is 2.12. The summed E-state index contributed by atoms with van der Waals surface area (Å²) in [6.07, 6.45) is 3.35. The van der Waals surface area contributed by atoms with Crippen LogP contribution in [0.1, 0.15) is 27.2 Å². The van der Waals surface area contributed by atoms with Crippen LogP contribution in [0.2, 0.25) is 0 Å². The summed E-state index contributed by atoms with van der Waals surface area (Å²) in [6, 6.07) is 0. The largest absolute Gasteiger partial charge is 0.295 e. The van der Waals surface area contributed by atoms with E-state index in [0.29, 0.717) is 6.42 Å². The van der Waals surface area contributed by atoms with Gasteiger partial charge in [0, 0.05) is 0 Å². The molecule has 0 amide bonds. The van der Waals surface area contributed by atoms with Gasteiger partial charge in [0.05, 0.1) is 11.0 Å². The first-order valence-electron chi connectivity index (χ1n) is 4.30. The summed E-state index contributed by atoms with van der Waals surface area (Å²) >= 11 is 0. The van der Waals surface area contributed by atoms with Gasteiger partial charge in [0.2, 0.25) is 0 Å². The van der Waals surface area contributed by atoms with E-state index in [9.17, 15) is 13.2 Å². The normalized spacial score (nSPS) is 14.7. The molecule has 0 spiro atoms. The van der Waals surface area contributed by atoms with Crippen LogP contribution >= 0.6 is 0 Å². The predicted octanol–water partition coefficient (Wildman–Crippen LogP) is 1.34. The van der Waals surface area contributed by atoms with Gasteiger partial charge in [-0.25, -0.2) is 8.42 Å². The van der Waals surface area contributed by atoms with Gasteiger partial charge >= 0.3 is 0 Å². The summed E-state index contributed by atoms with van der Waals surface area (Å²) in [5, 5.41) is -0.559. The number of sulfone groups is 1. The first kappa shape index (κ1) is 12.4. The molecule has 0 heterocycles. The van der Waals surface area contributed by atoms with E-state index in [1.165, 1.54) is 19.1 Å². The van der Waals surface area contributed by atoms with Crippen molar-refractivity contribution in [1.82, 2.24) is 0 Å². The Morgan fingerprint density at radius 1 is 1.46 bits per heavy atom. The van der Waals surface area contributed by atoms with Gasteiger partial charge in [0.1, 0.15) is 0 Å². The van der Waals surface area contributed by atoms with Crippen molar-refractivity contribution in [2.24, 2.45) is 0 Å². The van der Waals surface area contributed by atoms with Gasteiger partial charge in [-0.1, -0.05) is 13.0 Å². The SMILES string of the molecule is CCCS(=O)(=O)C(C)/C=C/C(C)=O. The molecule has 0 radical (unpaired) electrons. The Morgan fingerprint density at radius 2 is 2.00 bits per heavy atom. The summed E-state index contributed by atoms with van der Waals surface area (Å²) in [6.45, 7) is 4.80. The Morgan fingerprint density at radius 3 is 2.38 bits per heavy atom. The third-order valence-electron chi connectivity index (χ3n) is 1.66. The summed E-state index contributed by atoms with van der Waals surface area (Å²) in [4.78, 5) is 10.6. The molecule has 0 aromatic heterocycles. The molecule has 0 rings (SSSR count). The standard InChI is InChI=1S/C9H16O3S/c1-4-7-13(11,12)9(3)6-5-8(2)10/h5-6,9H,4,7H2,1-3H3/b6-5+. The van der Waals surface area contributed by atoms with E-state index >= 15 is 0 Å². The van der Waals surface area contributed by atoms with Crippen LogP contribution in [0, 0.1) is 0 Å². The van der Waals surface area contributed by atoms with Crippen molar-refractivity contribution >= 4 is 15.6 Å².